The van der Waals surface area contributed by atoms with Crippen molar-refractivity contribution in [2.75, 3.05) is 31.2 Å². The average molecular weight is 454 g/mol. The van der Waals surface area contributed by atoms with Gasteiger partial charge < -0.3 is 14.2 Å². The highest BCUT2D eigenvalue weighted by molar-refractivity contribution is 9.10. The number of morpholine rings is 1. The molecule has 0 N–H and O–H groups in total. The number of fused-ring (bicyclic) bond motifs is 1. The van der Waals surface area contributed by atoms with Crippen LogP contribution in [0.1, 0.15) is 6.92 Å². The predicted molar refractivity (Wildman–Crippen MR) is 114 cm³/mol. The minimum absolute atomic E-state index is 0.531. The molecule has 0 unspecified atom stereocenters. The number of ether oxygens (including phenoxy) is 1. The largest absolute Gasteiger partial charge is 0.378 e. The molecule has 0 saturated carbocycles. The van der Waals surface area contributed by atoms with E-state index in [-0.39, 0.29) is 0 Å². The molecule has 0 aliphatic carbocycles. The Morgan fingerprint density at radius 2 is 1.83 bits per heavy atom. The van der Waals surface area contributed by atoms with Gasteiger partial charge in [0, 0.05) is 31.4 Å². The Hall–Kier alpha value is -2.78. The van der Waals surface area contributed by atoms with Crippen LogP contribution in [0.4, 0.5) is 5.82 Å². The van der Waals surface area contributed by atoms with Crippen molar-refractivity contribution in [3.8, 4) is 17.1 Å². The van der Waals surface area contributed by atoms with E-state index in [1.165, 1.54) is 0 Å². The molecule has 0 spiro atoms. The first-order chi connectivity index (χ1) is 14.2. The monoisotopic (exact) mass is 453 g/mol. The van der Waals surface area contributed by atoms with Crippen molar-refractivity contribution < 1.29 is 4.74 Å². The number of nitrogens with zero attached hydrogens (tertiary/aromatic N) is 7. The molecule has 1 aromatic carbocycles. The Morgan fingerprint density at radius 1 is 1.03 bits per heavy atom. The first-order valence-corrected chi connectivity index (χ1v) is 10.4. The van der Waals surface area contributed by atoms with Crippen LogP contribution in [0.2, 0.25) is 0 Å². The molecule has 1 fully saturated rings. The second kappa shape index (κ2) is 7.57. The quantitative estimate of drug-likeness (QED) is 0.441. The van der Waals surface area contributed by atoms with Crippen LogP contribution in [-0.2, 0) is 11.3 Å². The highest BCUT2D eigenvalue weighted by atomic mass is 79.9. The summed E-state index contributed by atoms with van der Waals surface area (Å²) in [5.41, 5.74) is 3.71. The van der Waals surface area contributed by atoms with E-state index in [0.29, 0.717) is 19.2 Å². The molecular formula is C20H20BrN7O. The molecule has 0 bridgehead atoms. The standard InChI is InChI=1S/C20H20BrN7O/c1-2-27-18-16(23-19(27)21)17(26-8-10-29-11-9-26)24-20(25-18)28-13-15(12-22-28)14-6-4-3-5-7-14/h3-7,12-13H,2,8-11H2,1H3. The van der Waals surface area contributed by atoms with E-state index in [2.05, 4.69) is 50.0 Å². The minimum Gasteiger partial charge on any atom is -0.378 e. The van der Waals surface area contributed by atoms with Crippen LogP contribution in [-0.4, -0.2) is 55.6 Å². The molecular weight excluding hydrogens is 434 g/mol. The van der Waals surface area contributed by atoms with Crippen LogP contribution >= 0.6 is 15.9 Å². The molecule has 8 nitrogen and oxygen atoms in total. The van der Waals surface area contributed by atoms with Crippen LogP contribution in [0.25, 0.3) is 28.2 Å². The predicted octanol–water partition coefficient (Wildman–Crippen LogP) is 3.30. The summed E-state index contributed by atoms with van der Waals surface area (Å²) in [4.78, 5) is 16.6. The van der Waals surface area contributed by atoms with Crippen molar-refractivity contribution in [3.63, 3.8) is 0 Å². The van der Waals surface area contributed by atoms with E-state index in [4.69, 9.17) is 14.7 Å². The summed E-state index contributed by atoms with van der Waals surface area (Å²) in [5.74, 6) is 1.35. The van der Waals surface area contributed by atoms with Crippen molar-refractivity contribution in [2.45, 2.75) is 13.5 Å². The number of rotatable bonds is 4. The molecule has 0 amide bonds. The molecule has 5 rings (SSSR count). The Labute approximate surface area is 176 Å². The van der Waals surface area contributed by atoms with Crippen LogP contribution in [0.3, 0.4) is 0 Å². The maximum atomic E-state index is 5.51. The SMILES string of the molecule is CCn1c(Br)nc2c(N3CCOCC3)nc(-n3cc(-c4ccccc4)cn3)nc21. The fourth-order valence-corrected chi connectivity index (χ4v) is 4.13. The Morgan fingerprint density at radius 3 is 2.59 bits per heavy atom. The van der Waals surface area contributed by atoms with E-state index < -0.39 is 0 Å². The number of hydrogen-bond donors (Lipinski definition) is 0. The average Bonchev–Trinajstić information content (AvgIpc) is 3.38. The number of aromatic nitrogens is 6. The Balaban J connectivity index is 1.65. The summed E-state index contributed by atoms with van der Waals surface area (Å²) in [6, 6.07) is 10.2. The van der Waals surface area contributed by atoms with E-state index >= 15 is 0 Å². The molecule has 1 aliphatic rings. The van der Waals surface area contributed by atoms with Gasteiger partial charge in [-0.25, -0.2) is 9.67 Å². The van der Waals surface area contributed by atoms with Gasteiger partial charge in [0.2, 0.25) is 0 Å². The van der Waals surface area contributed by atoms with Gasteiger partial charge >= 0.3 is 0 Å². The lowest BCUT2D eigenvalue weighted by Crippen LogP contribution is -2.37. The van der Waals surface area contributed by atoms with Crippen molar-refractivity contribution in [3.05, 3.63) is 47.5 Å². The lowest BCUT2D eigenvalue weighted by atomic mass is 10.1. The third-order valence-corrected chi connectivity index (χ3v) is 5.64. The molecule has 3 aromatic heterocycles. The van der Waals surface area contributed by atoms with Crippen LogP contribution in [0.5, 0.6) is 0 Å². The number of hydrogen-bond acceptors (Lipinski definition) is 6. The fourth-order valence-electron chi connectivity index (χ4n) is 3.54. The fraction of sp³-hybridized carbons (Fsp3) is 0.300. The first-order valence-electron chi connectivity index (χ1n) is 9.61. The number of benzene rings is 1. The zero-order valence-electron chi connectivity index (χ0n) is 16.0. The maximum absolute atomic E-state index is 5.51. The van der Waals surface area contributed by atoms with Gasteiger partial charge in [-0.2, -0.15) is 15.1 Å². The van der Waals surface area contributed by atoms with Gasteiger partial charge in [-0.15, -0.1) is 0 Å². The third-order valence-electron chi connectivity index (χ3n) is 5.04. The van der Waals surface area contributed by atoms with Gasteiger partial charge in [-0.05, 0) is 28.4 Å². The van der Waals surface area contributed by atoms with Gasteiger partial charge in [-0.1, -0.05) is 30.3 Å². The molecule has 148 valence electrons. The highest BCUT2D eigenvalue weighted by Crippen LogP contribution is 2.28. The lowest BCUT2D eigenvalue weighted by molar-refractivity contribution is 0.122. The summed E-state index contributed by atoms with van der Waals surface area (Å²) >= 11 is 3.56. The summed E-state index contributed by atoms with van der Waals surface area (Å²) in [6.45, 7) is 5.73. The van der Waals surface area contributed by atoms with E-state index in [9.17, 15) is 0 Å². The summed E-state index contributed by atoms with van der Waals surface area (Å²) in [7, 11) is 0. The first kappa shape index (κ1) is 18.3. The van der Waals surface area contributed by atoms with Crippen LogP contribution < -0.4 is 4.90 Å². The molecule has 4 aromatic rings. The number of aryl methyl sites for hydroxylation is 1. The van der Waals surface area contributed by atoms with Gasteiger partial charge in [0.25, 0.3) is 5.95 Å². The lowest BCUT2D eigenvalue weighted by Gasteiger charge is -2.28. The second-order valence-electron chi connectivity index (χ2n) is 6.78. The molecule has 0 radical (unpaired) electrons. The second-order valence-corrected chi connectivity index (χ2v) is 7.49. The van der Waals surface area contributed by atoms with Crippen molar-refractivity contribution >= 4 is 32.9 Å². The van der Waals surface area contributed by atoms with Crippen LogP contribution in [0.15, 0.2) is 47.5 Å². The van der Waals surface area contributed by atoms with Crippen LogP contribution in [0, 0.1) is 0 Å². The highest BCUT2D eigenvalue weighted by Gasteiger charge is 2.22. The third kappa shape index (κ3) is 3.30. The van der Waals surface area contributed by atoms with Gasteiger partial charge in [0.15, 0.2) is 21.7 Å². The summed E-state index contributed by atoms with van der Waals surface area (Å²) < 4.78 is 10.0. The van der Waals surface area contributed by atoms with E-state index in [1.54, 1.807) is 4.68 Å². The van der Waals surface area contributed by atoms with Gasteiger partial charge in [-0.3, -0.25) is 0 Å². The zero-order chi connectivity index (χ0) is 19.8. The van der Waals surface area contributed by atoms with Crippen molar-refractivity contribution in [1.29, 1.82) is 0 Å². The molecule has 0 atom stereocenters. The number of halogens is 1. The topological polar surface area (TPSA) is 73.9 Å². The van der Waals surface area contributed by atoms with E-state index in [1.807, 2.05) is 35.2 Å². The number of anilines is 1. The van der Waals surface area contributed by atoms with Gasteiger partial charge in [0.05, 0.1) is 19.4 Å². The molecule has 1 saturated heterocycles. The van der Waals surface area contributed by atoms with Crippen molar-refractivity contribution in [1.82, 2.24) is 29.3 Å². The molecule has 29 heavy (non-hydrogen) atoms. The Bertz CT molecular complexity index is 1150. The normalized spacial score (nSPS) is 14.6. The molecule has 4 heterocycles. The summed E-state index contributed by atoms with van der Waals surface area (Å²) in [6.07, 6.45) is 3.80. The number of imidazole rings is 1. The smallest absolute Gasteiger partial charge is 0.254 e. The zero-order valence-corrected chi connectivity index (χ0v) is 17.6. The summed E-state index contributed by atoms with van der Waals surface area (Å²) in [5, 5.41) is 4.53. The minimum atomic E-state index is 0.531. The van der Waals surface area contributed by atoms with Crippen molar-refractivity contribution in [2.24, 2.45) is 0 Å². The molecule has 1 aliphatic heterocycles. The van der Waals surface area contributed by atoms with Gasteiger partial charge in [0.1, 0.15) is 0 Å². The maximum Gasteiger partial charge on any atom is 0.254 e. The molecule has 9 heteroatoms. The van der Waals surface area contributed by atoms with E-state index in [0.717, 1.165) is 52.5 Å². The Kier molecular flexibility index (Phi) is 4.76.